The Morgan fingerprint density at radius 2 is 0.745 bits per heavy atom. The number of allylic oxidation sites excluding steroid dienone is 2. The Morgan fingerprint density at radius 3 is 1.04 bits per heavy atom. The molecule has 0 aliphatic heterocycles. The van der Waals surface area contributed by atoms with Crippen LogP contribution in [-0.2, 0) is 29.2 Å². The van der Waals surface area contributed by atoms with Crippen molar-refractivity contribution in [2.75, 3.05) is 13.2 Å². The molecular weight excluding hydrogens is 665 g/mol. The Kier molecular flexibility index (Phi) is 41.6. The molecule has 0 heterocycles. The topological polar surface area (TPSA) is 133 Å². The van der Waals surface area contributed by atoms with Crippen molar-refractivity contribution in [1.82, 2.24) is 0 Å². The first-order chi connectivity index (χ1) is 22.0. The van der Waals surface area contributed by atoms with Crippen LogP contribution in [0.15, 0.2) is 24.3 Å². The fourth-order valence-electron chi connectivity index (χ4n) is 5.14. The van der Waals surface area contributed by atoms with Gasteiger partial charge in [0.15, 0.2) is 0 Å². The Labute approximate surface area is 321 Å². The summed E-state index contributed by atoms with van der Waals surface area (Å²) in [4.78, 5) is 0. The van der Waals surface area contributed by atoms with E-state index in [1.165, 1.54) is 89.9 Å². The van der Waals surface area contributed by atoms with Crippen LogP contribution in [-0.4, -0.2) is 76.9 Å². The third-order valence-electron chi connectivity index (χ3n) is 7.98. The van der Waals surface area contributed by atoms with Crippen molar-refractivity contribution in [3.63, 3.8) is 0 Å². The molecule has 0 radical (unpaired) electrons. The molecule has 0 aromatic heterocycles. The van der Waals surface area contributed by atoms with Gasteiger partial charge < -0.3 is 9.11 Å². The van der Waals surface area contributed by atoms with Crippen LogP contribution in [0.3, 0.4) is 0 Å². The number of hydrogen-bond acceptors (Lipinski definition) is 8. The Balaban J connectivity index is -0.000000807. The molecule has 0 spiro atoms. The van der Waals surface area contributed by atoms with Gasteiger partial charge in [-0.15, -0.1) is 0 Å². The molecule has 0 N–H and O–H groups in total. The Bertz CT molecular complexity index is 834. The fraction of sp³-hybridized carbons (Fsp3) is 0.889. The zero-order chi connectivity index (χ0) is 34.8. The molecule has 2 unspecified atom stereocenters. The summed E-state index contributed by atoms with van der Waals surface area (Å²) < 4.78 is 72.7. The van der Waals surface area contributed by atoms with Gasteiger partial charge in [0.25, 0.3) is 0 Å². The molecule has 0 saturated heterocycles. The van der Waals surface area contributed by atoms with Gasteiger partial charge in [0.2, 0.25) is 20.8 Å². The summed E-state index contributed by atoms with van der Waals surface area (Å²) in [6.07, 6.45) is 36.2. The minimum absolute atomic E-state index is 0. The SMILES string of the molecule is CCCCCC/C=C/C(CCCCCCCC)COS(=O)(=O)[O-].CCCCCC/C=C/C(CCCCCCCC)COS(=O)(=O)[O-].[Ca+2]. The van der Waals surface area contributed by atoms with Gasteiger partial charge in [-0.3, -0.25) is 8.37 Å². The summed E-state index contributed by atoms with van der Waals surface area (Å²) >= 11 is 0. The first-order valence-corrected chi connectivity index (χ1v) is 21.2. The van der Waals surface area contributed by atoms with E-state index >= 15 is 0 Å². The summed E-state index contributed by atoms with van der Waals surface area (Å²) in [5.41, 5.74) is 0. The zero-order valence-corrected chi connectivity index (χ0v) is 34.5. The molecule has 8 nitrogen and oxygen atoms in total. The fourth-order valence-corrected chi connectivity index (χ4v) is 5.82. The molecule has 0 aliphatic rings. The molecule has 0 bridgehead atoms. The summed E-state index contributed by atoms with van der Waals surface area (Å²) in [6.45, 7) is 8.72. The molecule has 0 aromatic rings. The van der Waals surface area contributed by atoms with E-state index in [1.807, 2.05) is 12.2 Å². The van der Waals surface area contributed by atoms with E-state index in [0.717, 1.165) is 64.2 Å². The molecule has 47 heavy (non-hydrogen) atoms. The van der Waals surface area contributed by atoms with Crippen LogP contribution in [0.1, 0.15) is 182 Å². The van der Waals surface area contributed by atoms with Crippen molar-refractivity contribution in [1.29, 1.82) is 0 Å². The smallest absolute Gasteiger partial charge is 0.726 e. The second-order valence-electron chi connectivity index (χ2n) is 12.6. The van der Waals surface area contributed by atoms with Crippen molar-refractivity contribution >= 4 is 58.5 Å². The molecule has 0 amide bonds. The maximum atomic E-state index is 10.6. The number of unbranched alkanes of at least 4 members (excludes halogenated alkanes) is 18. The van der Waals surface area contributed by atoms with Gasteiger partial charge >= 0.3 is 37.7 Å². The molecule has 0 fully saturated rings. The normalized spacial score (nSPS) is 13.4. The molecule has 0 aromatic carbocycles. The van der Waals surface area contributed by atoms with Crippen molar-refractivity contribution in [2.45, 2.75) is 182 Å². The molecule has 0 aliphatic carbocycles. The van der Waals surface area contributed by atoms with E-state index in [4.69, 9.17) is 0 Å². The monoisotopic (exact) mass is 734 g/mol. The summed E-state index contributed by atoms with van der Waals surface area (Å²) in [5.74, 6) is 0.0483. The molecule has 11 heteroatoms. The van der Waals surface area contributed by atoms with Gasteiger partial charge in [0.05, 0.1) is 13.2 Å². The van der Waals surface area contributed by atoms with Gasteiger partial charge in [-0.05, 0) is 38.5 Å². The van der Waals surface area contributed by atoms with Crippen LogP contribution >= 0.6 is 0 Å². The average molecular weight is 735 g/mol. The third kappa shape index (κ3) is 46.5. The van der Waals surface area contributed by atoms with Crippen LogP contribution in [0, 0.1) is 11.8 Å². The van der Waals surface area contributed by atoms with Crippen LogP contribution < -0.4 is 0 Å². The van der Waals surface area contributed by atoms with E-state index in [9.17, 15) is 25.9 Å². The van der Waals surface area contributed by atoms with Gasteiger partial charge in [0.1, 0.15) is 0 Å². The Hall–Kier alpha value is 0.480. The molecular formula is C36H70CaO8S2. The van der Waals surface area contributed by atoms with Crippen LogP contribution in [0.4, 0.5) is 0 Å². The zero-order valence-electron chi connectivity index (χ0n) is 30.6. The van der Waals surface area contributed by atoms with E-state index < -0.39 is 20.8 Å². The summed E-state index contributed by atoms with van der Waals surface area (Å²) in [6, 6.07) is 0. The van der Waals surface area contributed by atoms with Gasteiger partial charge in [-0.25, -0.2) is 16.8 Å². The van der Waals surface area contributed by atoms with Crippen LogP contribution in [0.2, 0.25) is 0 Å². The maximum Gasteiger partial charge on any atom is 2.00 e. The average Bonchev–Trinajstić information content (AvgIpc) is 3.00. The summed E-state index contributed by atoms with van der Waals surface area (Å²) in [7, 11) is -9.18. The van der Waals surface area contributed by atoms with E-state index in [0.29, 0.717) is 0 Å². The van der Waals surface area contributed by atoms with Crippen molar-refractivity contribution in [2.24, 2.45) is 11.8 Å². The van der Waals surface area contributed by atoms with Crippen molar-refractivity contribution < 1.29 is 34.3 Å². The standard InChI is InChI=1S/2C18H36O4S.Ca/c2*1-3-5-7-9-11-13-15-18(17-22-23(19,20)21)16-14-12-10-8-6-4-2;/h2*13,15,18H,3-12,14,16-17H2,1-2H3,(H,19,20,21);/q;;+2/p-2/b2*15-13+;. The van der Waals surface area contributed by atoms with Crippen LogP contribution in [0.25, 0.3) is 0 Å². The van der Waals surface area contributed by atoms with Gasteiger partial charge in [-0.2, -0.15) is 0 Å². The molecule has 276 valence electrons. The Morgan fingerprint density at radius 1 is 0.468 bits per heavy atom. The van der Waals surface area contributed by atoms with Gasteiger partial charge in [0, 0.05) is 11.8 Å². The van der Waals surface area contributed by atoms with E-state index in [1.54, 1.807) is 0 Å². The molecule has 0 rings (SSSR count). The van der Waals surface area contributed by atoms with Crippen molar-refractivity contribution in [3.05, 3.63) is 24.3 Å². The van der Waals surface area contributed by atoms with E-state index in [2.05, 4.69) is 48.2 Å². The van der Waals surface area contributed by atoms with Crippen molar-refractivity contribution in [3.8, 4) is 0 Å². The first-order valence-electron chi connectivity index (χ1n) is 18.5. The van der Waals surface area contributed by atoms with Crippen LogP contribution in [0.5, 0.6) is 0 Å². The predicted octanol–water partition coefficient (Wildman–Crippen LogP) is 10.3. The minimum atomic E-state index is -4.59. The second kappa shape index (κ2) is 37.7. The number of hydrogen-bond donors (Lipinski definition) is 0. The molecule has 2 atom stereocenters. The third-order valence-corrected chi connectivity index (χ3v) is 8.82. The minimum Gasteiger partial charge on any atom is -0.726 e. The quantitative estimate of drug-likeness (QED) is 0.0219. The first kappa shape index (κ1) is 51.8. The maximum absolute atomic E-state index is 10.6. The predicted molar refractivity (Wildman–Crippen MR) is 196 cm³/mol. The summed E-state index contributed by atoms with van der Waals surface area (Å²) in [5, 5.41) is 0. The molecule has 0 saturated carbocycles. The van der Waals surface area contributed by atoms with Gasteiger partial charge in [-0.1, -0.05) is 168 Å². The second-order valence-corrected chi connectivity index (χ2v) is 14.7. The largest absolute Gasteiger partial charge is 2.00 e. The number of rotatable bonds is 32. The van der Waals surface area contributed by atoms with E-state index in [-0.39, 0.29) is 62.8 Å².